The number of anilines is 1. The van der Waals surface area contributed by atoms with E-state index < -0.39 is 17.5 Å². The highest BCUT2D eigenvalue weighted by Crippen LogP contribution is 2.28. The van der Waals surface area contributed by atoms with E-state index in [2.05, 4.69) is 19.2 Å². The molecule has 2 nitrogen and oxygen atoms in total. The topological polar surface area (TPSA) is 15.3 Å². The van der Waals surface area contributed by atoms with E-state index in [9.17, 15) is 13.2 Å². The molecule has 1 aromatic rings. The average molecular weight is 272 g/mol. The summed E-state index contributed by atoms with van der Waals surface area (Å²) in [5, 5.41) is 3.36. The van der Waals surface area contributed by atoms with Crippen LogP contribution in [0.15, 0.2) is 12.1 Å². The molecular formula is C14H19F3N2. The van der Waals surface area contributed by atoms with Gasteiger partial charge in [-0.3, -0.25) is 0 Å². The first-order chi connectivity index (χ1) is 8.90. The molecule has 1 aliphatic rings. The first-order valence-corrected chi connectivity index (χ1v) is 6.54. The van der Waals surface area contributed by atoms with Crippen LogP contribution in [0, 0.1) is 23.4 Å². The summed E-state index contributed by atoms with van der Waals surface area (Å²) in [6.07, 6.45) is 0. The number of halogens is 3. The zero-order chi connectivity index (χ0) is 14.2. The summed E-state index contributed by atoms with van der Waals surface area (Å²) in [5.74, 6) is -2.20. The molecule has 0 aliphatic carbocycles. The molecule has 1 aliphatic heterocycles. The van der Waals surface area contributed by atoms with Crippen molar-refractivity contribution in [2.45, 2.75) is 32.9 Å². The van der Waals surface area contributed by atoms with E-state index in [1.165, 1.54) is 0 Å². The summed E-state index contributed by atoms with van der Waals surface area (Å²) >= 11 is 0. The Morgan fingerprint density at radius 2 is 1.79 bits per heavy atom. The lowest BCUT2D eigenvalue weighted by Crippen LogP contribution is -2.57. The molecule has 5 heteroatoms. The Morgan fingerprint density at radius 3 is 2.32 bits per heavy atom. The lowest BCUT2D eigenvalue weighted by atomic mass is 9.99. The van der Waals surface area contributed by atoms with Gasteiger partial charge in [-0.15, -0.1) is 0 Å². The van der Waals surface area contributed by atoms with Gasteiger partial charge in [-0.2, -0.15) is 0 Å². The maximum Gasteiger partial charge on any atom is 0.152 e. The second kappa shape index (κ2) is 5.41. The third-order valence-corrected chi connectivity index (χ3v) is 3.67. The van der Waals surface area contributed by atoms with Crippen LogP contribution in [0.4, 0.5) is 18.9 Å². The Hall–Kier alpha value is -1.23. The van der Waals surface area contributed by atoms with Gasteiger partial charge in [-0.1, -0.05) is 13.8 Å². The van der Waals surface area contributed by atoms with E-state index in [0.717, 1.165) is 12.1 Å². The van der Waals surface area contributed by atoms with Gasteiger partial charge >= 0.3 is 0 Å². The third-order valence-electron chi connectivity index (χ3n) is 3.67. The monoisotopic (exact) mass is 272 g/mol. The van der Waals surface area contributed by atoms with Crippen LogP contribution in [0.1, 0.15) is 20.8 Å². The highest BCUT2D eigenvalue weighted by molar-refractivity contribution is 5.51. The van der Waals surface area contributed by atoms with Crippen molar-refractivity contribution >= 4 is 5.69 Å². The van der Waals surface area contributed by atoms with Crippen LogP contribution in [-0.2, 0) is 0 Å². The van der Waals surface area contributed by atoms with E-state index >= 15 is 0 Å². The zero-order valence-electron chi connectivity index (χ0n) is 11.4. The zero-order valence-corrected chi connectivity index (χ0v) is 11.4. The van der Waals surface area contributed by atoms with Crippen molar-refractivity contribution in [2.75, 3.05) is 18.0 Å². The predicted molar refractivity (Wildman–Crippen MR) is 69.8 cm³/mol. The van der Waals surface area contributed by atoms with Crippen molar-refractivity contribution in [2.24, 2.45) is 5.92 Å². The molecule has 0 aromatic heterocycles. The number of nitrogens with zero attached hydrogens (tertiary/aromatic N) is 1. The fourth-order valence-corrected chi connectivity index (χ4v) is 2.46. The van der Waals surface area contributed by atoms with Gasteiger partial charge in [0.1, 0.15) is 11.5 Å². The van der Waals surface area contributed by atoms with Crippen LogP contribution < -0.4 is 10.2 Å². The first-order valence-electron chi connectivity index (χ1n) is 6.54. The molecular weight excluding hydrogens is 253 g/mol. The van der Waals surface area contributed by atoms with Crippen LogP contribution in [0.3, 0.4) is 0 Å². The van der Waals surface area contributed by atoms with Gasteiger partial charge in [0.2, 0.25) is 0 Å². The third kappa shape index (κ3) is 2.86. The summed E-state index contributed by atoms with van der Waals surface area (Å²) in [6, 6.07) is 1.60. The molecule has 1 fully saturated rings. The summed E-state index contributed by atoms with van der Waals surface area (Å²) in [7, 11) is 0. The number of hydrogen-bond donors (Lipinski definition) is 1. The van der Waals surface area contributed by atoms with Gasteiger partial charge in [-0.25, -0.2) is 13.2 Å². The molecule has 0 bridgehead atoms. The molecule has 2 unspecified atom stereocenters. The quantitative estimate of drug-likeness (QED) is 0.890. The highest BCUT2D eigenvalue weighted by atomic mass is 19.1. The molecule has 106 valence electrons. The molecule has 19 heavy (non-hydrogen) atoms. The number of nitrogens with one attached hydrogen (secondary N) is 1. The Bertz CT molecular complexity index is 439. The van der Waals surface area contributed by atoms with Gasteiger partial charge in [0.05, 0.1) is 0 Å². The lowest BCUT2D eigenvalue weighted by Gasteiger charge is -2.42. The molecule has 2 rings (SSSR count). The van der Waals surface area contributed by atoms with E-state index in [1.807, 2.05) is 6.92 Å². The maximum atomic E-state index is 13.9. The van der Waals surface area contributed by atoms with Crippen molar-refractivity contribution in [3.63, 3.8) is 0 Å². The fourth-order valence-electron chi connectivity index (χ4n) is 2.46. The van der Waals surface area contributed by atoms with E-state index in [1.54, 1.807) is 4.90 Å². The van der Waals surface area contributed by atoms with Gasteiger partial charge in [0, 0.05) is 37.3 Å². The number of rotatable bonds is 2. The molecule has 1 aromatic carbocycles. The number of benzene rings is 1. The maximum absolute atomic E-state index is 13.9. The van der Waals surface area contributed by atoms with Gasteiger partial charge in [-0.05, 0) is 12.8 Å². The van der Waals surface area contributed by atoms with Crippen LogP contribution in [0.25, 0.3) is 0 Å². The van der Waals surface area contributed by atoms with Gasteiger partial charge < -0.3 is 10.2 Å². The molecule has 0 radical (unpaired) electrons. The van der Waals surface area contributed by atoms with Crippen molar-refractivity contribution in [3.05, 3.63) is 29.6 Å². The normalized spacial score (nSPS) is 24.1. The molecule has 0 amide bonds. The summed E-state index contributed by atoms with van der Waals surface area (Å²) in [5.41, 5.74) is -0.124. The van der Waals surface area contributed by atoms with Crippen molar-refractivity contribution in [1.82, 2.24) is 5.32 Å². The number of piperazine rings is 1. The number of hydrogen-bond acceptors (Lipinski definition) is 2. The van der Waals surface area contributed by atoms with Crippen LogP contribution in [0.2, 0.25) is 0 Å². The Balaban J connectivity index is 2.34. The van der Waals surface area contributed by atoms with E-state index in [-0.39, 0.29) is 17.8 Å². The van der Waals surface area contributed by atoms with Crippen molar-refractivity contribution < 1.29 is 13.2 Å². The largest absolute Gasteiger partial charge is 0.361 e. The first kappa shape index (κ1) is 14.2. The molecule has 1 heterocycles. The minimum atomic E-state index is -0.887. The van der Waals surface area contributed by atoms with Crippen LogP contribution in [-0.4, -0.2) is 25.2 Å². The van der Waals surface area contributed by atoms with E-state index in [0.29, 0.717) is 19.0 Å². The Kier molecular flexibility index (Phi) is 4.04. The minimum Gasteiger partial charge on any atom is -0.361 e. The van der Waals surface area contributed by atoms with Crippen molar-refractivity contribution in [1.29, 1.82) is 0 Å². The summed E-state index contributed by atoms with van der Waals surface area (Å²) in [6.45, 7) is 7.18. The summed E-state index contributed by atoms with van der Waals surface area (Å²) in [4.78, 5) is 1.69. The SMILES string of the molecule is CC(C)C1CN(c2c(F)cc(F)cc2F)C(C)CN1. The highest BCUT2D eigenvalue weighted by Gasteiger charge is 2.30. The molecule has 0 saturated carbocycles. The molecule has 1 N–H and O–H groups in total. The Labute approximate surface area is 111 Å². The minimum absolute atomic E-state index is 0.0375. The fraction of sp³-hybridized carbons (Fsp3) is 0.571. The second-order valence-electron chi connectivity index (χ2n) is 5.48. The molecule has 0 spiro atoms. The average Bonchev–Trinajstić information content (AvgIpc) is 2.29. The van der Waals surface area contributed by atoms with Crippen LogP contribution in [0.5, 0.6) is 0 Å². The second-order valence-corrected chi connectivity index (χ2v) is 5.48. The van der Waals surface area contributed by atoms with Crippen molar-refractivity contribution in [3.8, 4) is 0 Å². The smallest absolute Gasteiger partial charge is 0.152 e. The van der Waals surface area contributed by atoms with Gasteiger partial charge in [0.15, 0.2) is 11.6 Å². The van der Waals surface area contributed by atoms with Gasteiger partial charge in [0.25, 0.3) is 0 Å². The standard InChI is InChI=1S/C14H19F3N2/c1-8(2)13-7-19(9(3)6-18-13)14-11(16)4-10(15)5-12(14)17/h4-5,8-9,13,18H,6-7H2,1-3H3. The molecule has 2 atom stereocenters. The lowest BCUT2D eigenvalue weighted by molar-refractivity contribution is 0.332. The predicted octanol–water partition coefficient (Wildman–Crippen LogP) is 2.93. The Morgan fingerprint density at radius 1 is 1.21 bits per heavy atom. The summed E-state index contributed by atoms with van der Waals surface area (Å²) < 4.78 is 40.7. The van der Waals surface area contributed by atoms with E-state index in [4.69, 9.17) is 0 Å². The molecule has 1 saturated heterocycles. The van der Waals surface area contributed by atoms with Crippen LogP contribution >= 0.6 is 0 Å².